The van der Waals surface area contributed by atoms with Gasteiger partial charge in [-0.05, 0) is 30.7 Å². The normalized spacial score (nSPS) is 14.3. The van der Waals surface area contributed by atoms with Crippen LogP contribution < -0.4 is 4.90 Å². The lowest BCUT2D eigenvalue weighted by atomic mass is 10.1. The molecule has 1 fully saturated rings. The monoisotopic (exact) mass is 376 g/mol. The van der Waals surface area contributed by atoms with Gasteiger partial charge in [-0.15, -0.1) is 0 Å². The molecule has 1 N–H and O–H groups in total. The third kappa shape index (κ3) is 3.33. The fourth-order valence-electron chi connectivity index (χ4n) is 3.74. The number of nitrogens with zero attached hydrogens (tertiary/aromatic N) is 4. The van der Waals surface area contributed by atoms with Gasteiger partial charge in [0.2, 0.25) is 0 Å². The number of piperazine rings is 1. The Morgan fingerprint density at radius 1 is 1.00 bits per heavy atom. The highest BCUT2D eigenvalue weighted by molar-refractivity contribution is 5.95. The topological polar surface area (TPSA) is 61.6 Å². The second kappa shape index (κ2) is 7.76. The Morgan fingerprint density at radius 2 is 1.68 bits per heavy atom. The van der Waals surface area contributed by atoms with Crippen LogP contribution in [0.2, 0.25) is 0 Å². The third-order valence-corrected chi connectivity index (χ3v) is 5.22. The second-order valence-electron chi connectivity index (χ2n) is 6.87. The van der Waals surface area contributed by atoms with Gasteiger partial charge in [-0.3, -0.25) is 4.79 Å². The van der Waals surface area contributed by atoms with E-state index in [2.05, 4.69) is 10.00 Å². The van der Waals surface area contributed by atoms with E-state index in [1.807, 2.05) is 65.0 Å². The molecule has 1 aliphatic heterocycles. The van der Waals surface area contributed by atoms with Gasteiger partial charge in [-0.1, -0.05) is 37.3 Å². The number of para-hydroxylation sites is 3. The molecule has 2 aromatic carbocycles. The van der Waals surface area contributed by atoms with Crippen molar-refractivity contribution in [2.45, 2.75) is 13.3 Å². The van der Waals surface area contributed by atoms with Crippen LogP contribution in [0.3, 0.4) is 0 Å². The maximum atomic E-state index is 13.1. The zero-order chi connectivity index (χ0) is 19.5. The summed E-state index contributed by atoms with van der Waals surface area (Å²) < 4.78 is 1.85. The summed E-state index contributed by atoms with van der Waals surface area (Å²) in [5, 5.41) is 14.5. The molecule has 0 saturated carbocycles. The first-order valence-electron chi connectivity index (χ1n) is 9.63. The molecule has 1 amide bonds. The van der Waals surface area contributed by atoms with Crippen LogP contribution in [0.25, 0.3) is 5.69 Å². The van der Waals surface area contributed by atoms with Crippen molar-refractivity contribution in [1.82, 2.24) is 14.7 Å². The van der Waals surface area contributed by atoms with Crippen LogP contribution >= 0.6 is 0 Å². The predicted molar refractivity (Wildman–Crippen MR) is 109 cm³/mol. The Labute approximate surface area is 164 Å². The maximum Gasteiger partial charge on any atom is 0.257 e. The Morgan fingerprint density at radius 3 is 2.36 bits per heavy atom. The number of phenolic OH excluding ortho intramolecular Hbond substituents is 1. The maximum absolute atomic E-state index is 13.1. The van der Waals surface area contributed by atoms with Crippen molar-refractivity contribution in [3.05, 3.63) is 72.1 Å². The lowest BCUT2D eigenvalue weighted by molar-refractivity contribution is 0.0745. The molecule has 144 valence electrons. The van der Waals surface area contributed by atoms with Gasteiger partial charge in [-0.25, -0.2) is 4.68 Å². The van der Waals surface area contributed by atoms with Crippen LogP contribution in [-0.4, -0.2) is 51.9 Å². The summed E-state index contributed by atoms with van der Waals surface area (Å²) in [6, 6.07) is 17.2. The van der Waals surface area contributed by atoms with E-state index in [9.17, 15) is 9.90 Å². The molecule has 0 radical (unpaired) electrons. The Balaban J connectivity index is 1.50. The van der Waals surface area contributed by atoms with E-state index in [4.69, 9.17) is 0 Å². The van der Waals surface area contributed by atoms with E-state index < -0.39 is 0 Å². The highest BCUT2D eigenvalue weighted by Gasteiger charge is 2.26. The molecule has 3 aromatic rings. The summed E-state index contributed by atoms with van der Waals surface area (Å²) >= 11 is 0. The number of benzene rings is 2. The van der Waals surface area contributed by atoms with Crippen molar-refractivity contribution in [3.8, 4) is 11.4 Å². The average Bonchev–Trinajstić information content (AvgIpc) is 3.18. The van der Waals surface area contributed by atoms with Crippen LogP contribution in [0.15, 0.2) is 60.8 Å². The van der Waals surface area contributed by atoms with Gasteiger partial charge in [0.25, 0.3) is 5.91 Å². The number of anilines is 1. The first-order valence-corrected chi connectivity index (χ1v) is 9.63. The average molecular weight is 376 g/mol. The molecule has 0 unspecified atom stereocenters. The van der Waals surface area contributed by atoms with Gasteiger partial charge < -0.3 is 14.9 Å². The number of phenols is 1. The molecule has 1 saturated heterocycles. The third-order valence-electron chi connectivity index (χ3n) is 5.22. The first-order chi connectivity index (χ1) is 13.7. The van der Waals surface area contributed by atoms with Crippen molar-refractivity contribution in [2.75, 3.05) is 31.1 Å². The summed E-state index contributed by atoms with van der Waals surface area (Å²) in [6.45, 7) is 4.66. The fraction of sp³-hybridized carbons (Fsp3) is 0.273. The summed E-state index contributed by atoms with van der Waals surface area (Å²) in [6.07, 6.45) is 2.41. The van der Waals surface area contributed by atoms with Crippen molar-refractivity contribution >= 4 is 11.6 Å². The van der Waals surface area contributed by atoms with Crippen LogP contribution in [0.5, 0.6) is 5.75 Å². The van der Waals surface area contributed by atoms with E-state index in [0.717, 1.165) is 23.5 Å². The van der Waals surface area contributed by atoms with Gasteiger partial charge in [0, 0.05) is 26.2 Å². The van der Waals surface area contributed by atoms with Gasteiger partial charge in [0.1, 0.15) is 5.75 Å². The van der Waals surface area contributed by atoms with Crippen molar-refractivity contribution in [3.63, 3.8) is 0 Å². The molecule has 1 aliphatic rings. The van der Waals surface area contributed by atoms with E-state index in [0.29, 0.717) is 31.7 Å². The van der Waals surface area contributed by atoms with E-state index in [1.54, 1.807) is 12.3 Å². The van der Waals surface area contributed by atoms with Gasteiger partial charge in [0.05, 0.1) is 28.8 Å². The molecule has 0 atom stereocenters. The molecular formula is C22H24N4O2. The molecule has 2 heterocycles. The van der Waals surface area contributed by atoms with Gasteiger partial charge in [0.15, 0.2) is 0 Å². The molecule has 0 spiro atoms. The van der Waals surface area contributed by atoms with Gasteiger partial charge >= 0.3 is 0 Å². The summed E-state index contributed by atoms with van der Waals surface area (Å²) in [5.74, 6) is 0.302. The van der Waals surface area contributed by atoms with Gasteiger partial charge in [-0.2, -0.15) is 5.10 Å². The molecular weight excluding hydrogens is 352 g/mol. The van der Waals surface area contributed by atoms with Crippen LogP contribution in [-0.2, 0) is 6.42 Å². The lowest BCUT2D eigenvalue weighted by Gasteiger charge is -2.36. The predicted octanol–water partition coefficient (Wildman–Crippen LogP) is 3.10. The largest absolute Gasteiger partial charge is 0.506 e. The highest BCUT2D eigenvalue weighted by atomic mass is 16.3. The number of carbonyl (C=O) groups is 1. The standard InChI is InChI=1S/C22H24N4O2/c1-2-19-18(16-23-26(19)17-8-4-3-5-9-17)22(28)25-14-12-24(13-15-25)20-10-6-7-11-21(20)27/h3-11,16,27H,2,12-15H2,1H3. The number of rotatable bonds is 4. The quantitative estimate of drug-likeness (QED) is 0.760. The van der Waals surface area contributed by atoms with Crippen LogP contribution in [0.1, 0.15) is 23.0 Å². The number of hydrogen-bond acceptors (Lipinski definition) is 4. The molecule has 6 heteroatoms. The van der Waals surface area contributed by atoms with Crippen molar-refractivity contribution in [2.24, 2.45) is 0 Å². The molecule has 1 aromatic heterocycles. The smallest absolute Gasteiger partial charge is 0.257 e. The van der Waals surface area contributed by atoms with Crippen LogP contribution in [0, 0.1) is 0 Å². The zero-order valence-electron chi connectivity index (χ0n) is 16.0. The Hall–Kier alpha value is -3.28. The summed E-state index contributed by atoms with van der Waals surface area (Å²) in [5.41, 5.74) is 3.38. The molecule has 6 nitrogen and oxygen atoms in total. The van der Waals surface area contributed by atoms with E-state index in [1.165, 1.54) is 0 Å². The van der Waals surface area contributed by atoms with Crippen molar-refractivity contribution < 1.29 is 9.90 Å². The first kappa shape index (κ1) is 18.1. The highest BCUT2D eigenvalue weighted by Crippen LogP contribution is 2.27. The molecule has 28 heavy (non-hydrogen) atoms. The van der Waals surface area contributed by atoms with Crippen molar-refractivity contribution in [1.29, 1.82) is 0 Å². The van der Waals surface area contributed by atoms with Crippen LogP contribution in [0.4, 0.5) is 5.69 Å². The summed E-state index contributed by atoms with van der Waals surface area (Å²) in [4.78, 5) is 17.1. The Kier molecular flexibility index (Phi) is 5.02. The number of aromatic hydroxyl groups is 1. The van der Waals surface area contributed by atoms with E-state index in [-0.39, 0.29) is 11.7 Å². The number of aromatic nitrogens is 2. The molecule has 0 aliphatic carbocycles. The van der Waals surface area contributed by atoms with E-state index >= 15 is 0 Å². The minimum Gasteiger partial charge on any atom is -0.506 e. The second-order valence-corrected chi connectivity index (χ2v) is 6.87. The minimum absolute atomic E-state index is 0.0240. The SMILES string of the molecule is CCc1c(C(=O)N2CCN(c3ccccc3O)CC2)cnn1-c1ccccc1. The fourth-order valence-corrected chi connectivity index (χ4v) is 3.74. The molecule has 4 rings (SSSR count). The summed E-state index contributed by atoms with van der Waals surface area (Å²) in [7, 11) is 0. The zero-order valence-corrected chi connectivity index (χ0v) is 16.0. The minimum atomic E-state index is 0.0240. The Bertz CT molecular complexity index is 960. The lowest BCUT2D eigenvalue weighted by Crippen LogP contribution is -2.49. The number of amides is 1. The number of carbonyl (C=O) groups excluding carboxylic acids is 1. The molecule has 0 bridgehead atoms. The number of hydrogen-bond donors (Lipinski definition) is 1.